The Bertz CT molecular complexity index is 537. The van der Waals surface area contributed by atoms with Crippen molar-refractivity contribution in [3.8, 4) is 0 Å². The Kier molecular flexibility index (Phi) is 4.27. The average molecular weight is 284 g/mol. The summed E-state index contributed by atoms with van der Waals surface area (Å²) in [5.41, 5.74) is 2.13. The van der Waals surface area contributed by atoms with Gasteiger partial charge in [-0.3, -0.25) is 4.68 Å². The third kappa shape index (κ3) is 3.25. The minimum absolute atomic E-state index is 0.196. The van der Waals surface area contributed by atoms with Crippen LogP contribution in [0.5, 0.6) is 0 Å². The number of halogens is 2. The summed E-state index contributed by atoms with van der Waals surface area (Å²) in [6, 6.07) is 7.87. The lowest BCUT2D eigenvalue weighted by Crippen LogP contribution is -2.18. The molecule has 0 saturated carbocycles. The van der Waals surface area contributed by atoms with Crippen molar-refractivity contribution < 1.29 is 0 Å². The zero-order valence-electron chi connectivity index (χ0n) is 10.3. The van der Waals surface area contributed by atoms with Crippen LogP contribution in [0.15, 0.2) is 30.5 Å². The summed E-state index contributed by atoms with van der Waals surface area (Å²) in [6.07, 6.45) is 1.93. The molecule has 96 valence electrons. The van der Waals surface area contributed by atoms with E-state index in [4.69, 9.17) is 23.2 Å². The van der Waals surface area contributed by atoms with Gasteiger partial charge in [-0.15, -0.1) is 0 Å². The Morgan fingerprint density at radius 3 is 2.67 bits per heavy atom. The third-order valence-corrected chi connectivity index (χ3v) is 3.54. The van der Waals surface area contributed by atoms with E-state index in [9.17, 15) is 0 Å². The SMILES string of the molecule is CC(NCc1ccn(C)n1)c1ccc(Cl)c(Cl)c1. The molecule has 5 heteroatoms. The molecule has 0 saturated heterocycles. The summed E-state index contributed by atoms with van der Waals surface area (Å²) < 4.78 is 1.79. The van der Waals surface area contributed by atoms with Crippen molar-refractivity contribution >= 4 is 23.2 Å². The quantitative estimate of drug-likeness (QED) is 0.930. The summed E-state index contributed by atoms with van der Waals surface area (Å²) in [5.74, 6) is 0. The second kappa shape index (κ2) is 5.74. The number of aromatic nitrogens is 2. The van der Waals surface area contributed by atoms with Crippen molar-refractivity contribution in [3.63, 3.8) is 0 Å². The van der Waals surface area contributed by atoms with Crippen molar-refractivity contribution in [2.24, 2.45) is 7.05 Å². The van der Waals surface area contributed by atoms with Crippen LogP contribution < -0.4 is 5.32 Å². The van der Waals surface area contributed by atoms with Crippen LogP contribution in [-0.4, -0.2) is 9.78 Å². The van der Waals surface area contributed by atoms with Gasteiger partial charge in [0.15, 0.2) is 0 Å². The molecule has 0 radical (unpaired) electrons. The maximum Gasteiger partial charge on any atom is 0.0762 e. The molecule has 0 aliphatic rings. The number of hydrogen-bond donors (Lipinski definition) is 1. The zero-order valence-corrected chi connectivity index (χ0v) is 11.8. The Morgan fingerprint density at radius 1 is 1.28 bits per heavy atom. The molecule has 3 nitrogen and oxygen atoms in total. The monoisotopic (exact) mass is 283 g/mol. The number of rotatable bonds is 4. The van der Waals surface area contributed by atoms with Crippen LogP contribution in [-0.2, 0) is 13.6 Å². The van der Waals surface area contributed by atoms with Gasteiger partial charge in [0.25, 0.3) is 0 Å². The number of benzene rings is 1. The molecule has 2 rings (SSSR count). The van der Waals surface area contributed by atoms with Gasteiger partial charge in [0.1, 0.15) is 0 Å². The van der Waals surface area contributed by atoms with Gasteiger partial charge in [-0.25, -0.2) is 0 Å². The zero-order chi connectivity index (χ0) is 13.1. The fourth-order valence-electron chi connectivity index (χ4n) is 1.71. The van der Waals surface area contributed by atoms with Crippen LogP contribution in [0.3, 0.4) is 0 Å². The molecule has 0 bridgehead atoms. The summed E-state index contributed by atoms with van der Waals surface area (Å²) in [7, 11) is 1.91. The molecule has 0 amide bonds. The minimum Gasteiger partial charge on any atom is -0.304 e. The average Bonchev–Trinajstić information content (AvgIpc) is 2.75. The van der Waals surface area contributed by atoms with Crippen molar-refractivity contribution in [2.75, 3.05) is 0 Å². The van der Waals surface area contributed by atoms with Crippen LogP contribution in [0.2, 0.25) is 10.0 Å². The molecule has 1 unspecified atom stereocenters. The summed E-state index contributed by atoms with van der Waals surface area (Å²) in [6.45, 7) is 2.81. The van der Waals surface area contributed by atoms with Gasteiger partial charge in [0.05, 0.1) is 15.7 Å². The molecular formula is C13H15Cl2N3. The second-order valence-corrected chi connectivity index (χ2v) is 5.07. The highest BCUT2D eigenvalue weighted by molar-refractivity contribution is 6.42. The molecule has 1 aromatic heterocycles. The molecule has 0 aliphatic carbocycles. The molecule has 1 atom stereocenters. The Hall–Kier alpha value is -1.03. The fourth-order valence-corrected chi connectivity index (χ4v) is 2.02. The van der Waals surface area contributed by atoms with Gasteiger partial charge in [0.2, 0.25) is 0 Å². The van der Waals surface area contributed by atoms with Gasteiger partial charge in [0, 0.05) is 25.8 Å². The van der Waals surface area contributed by atoms with Crippen molar-refractivity contribution in [2.45, 2.75) is 19.5 Å². The predicted octanol–water partition coefficient (Wildman–Crippen LogP) is 3.58. The summed E-state index contributed by atoms with van der Waals surface area (Å²) in [4.78, 5) is 0. The smallest absolute Gasteiger partial charge is 0.0762 e. The van der Waals surface area contributed by atoms with Crippen LogP contribution in [0.4, 0.5) is 0 Å². The first-order chi connectivity index (χ1) is 8.56. The van der Waals surface area contributed by atoms with Crippen molar-refractivity contribution in [1.29, 1.82) is 0 Å². The van der Waals surface area contributed by atoms with Gasteiger partial charge >= 0.3 is 0 Å². The van der Waals surface area contributed by atoms with E-state index in [1.165, 1.54) is 0 Å². The standard InChI is InChI=1S/C13H15Cl2N3/c1-9(10-3-4-12(14)13(15)7-10)16-8-11-5-6-18(2)17-11/h3-7,9,16H,8H2,1-2H3. The van der Waals surface area contributed by atoms with Gasteiger partial charge in [-0.05, 0) is 30.7 Å². The fraction of sp³-hybridized carbons (Fsp3) is 0.308. The predicted molar refractivity (Wildman–Crippen MR) is 74.9 cm³/mol. The van der Waals surface area contributed by atoms with E-state index in [-0.39, 0.29) is 6.04 Å². The molecule has 0 fully saturated rings. The molecule has 0 spiro atoms. The van der Waals surface area contributed by atoms with Crippen LogP contribution >= 0.6 is 23.2 Å². The first-order valence-electron chi connectivity index (χ1n) is 5.73. The minimum atomic E-state index is 0.196. The summed E-state index contributed by atoms with van der Waals surface area (Å²) in [5, 5.41) is 8.88. The van der Waals surface area contributed by atoms with Crippen LogP contribution in [0.25, 0.3) is 0 Å². The lowest BCUT2D eigenvalue weighted by molar-refractivity contribution is 0.562. The van der Waals surface area contributed by atoms with E-state index in [1.54, 1.807) is 4.68 Å². The normalized spacial score (nSPS) is 12.7. The van der Waals surface area contributed by atoms with Crippen LogP contribution in [0.1, 0.15) is 24.2 Å². The van der Waals surface area contributed by atoms with Crippen molar-refractivity contribution in [1.82, 2.24) is 15.1 Å². The highest BCUT2D eigenvalue weighted by atomic mass is 35.5. The first-order valence-corrected chi connectivity index (χ1v) is 6.48. The maximum atomic E-state index is 6.00. The molecule has 0 aliphatic heterocycles. The van der Waals surface area contributed by atoms with Gasteiger partial charge < -0.3 is 5.32 Å². The third-order valence-electron chi connectivity index (χ3n) is 2.80. The largest absolute Gasteiger partial charge is 0.304 e. The van der Waals surface area contributed by atoms with Gasteiger partial charge in [-0.2, -0.15) is 5.10 Å². The molecule has 2 aromatic rings. The van der Waals surface area contributed by atoms with E-state index >= 15 is 0 Å². The summed E-state index contributed by atoms with van der Waals surface area (Å²) >= 11 is 11.9. The maximum absolute atomic E-state index is 6.00. The second-order valence-electron chi connectivity index (χ2n) is 4.26. The first kappa shape index (κ1) is 13.4. The highest BCUT2D eigenvalue weighted by Gasteiger charge is 2.08. The molecule has 18 heavy (non-hydrogen) atoms. The molecular weight excluding hydrogens is 269 g/mol. The van der Waals surface area contributed by atoms with E-state index < -0.39 is 0 Å². The van der Waals surface area contributed by atoms with E-state index in [0.29, 0.717) is 10.0 Å². The lowest BCUT2D eigenvalue weighted by atomic mass is 10.1. The number of aryl methyl sites for hydroxylation is 1. The number of hydrogen-bond acceptors (Lipinski definition) is 2. The topological polar surface area (TPSA) is 29.9 Å². The van der Waals surface area contributed by atoms with Gasteiger partial charge in [-0.1, -0.05) is 29.3 Å². The van der Waals surface area contributed by atoms with E-state index in [0.717, 1.165) is 17.8 Å². The Balaban J connectivity index is 1.99. The highest BCUT2D eigenvalue weighted by Crippen LogP contribution is 2.25. The number of nitrogens with one attached hydrogen (secondary N) is 1. The van der Waals surface area contributed by atoms with Crippen LogP contribution in [0, 0.1) is 0 Å². The Morgan fingerprint density at radius 2 is 2.06 bits per heavy atom. The van der Waals surface area contributed by atoms with E-state index in [1.807, 2.05) is 37.5 Å². The number of nitrogens with zero attached hydrogens (tertiary/aromatic N) is 2. The molecule has 1 heterocycles. The lowest BCUT2D eigenvalue weighted by Gasteiger charge is -2.14. The van der Waals surface area contributed by atoms with Crippen molar-refractivity contribution in [3.05, 3.63) is 51.8 Å². The molecule has 1 N–H and O–H groups in total. The van der Waals surface area contributed by atoms with E-state index in [2.05, 4.69) is 17.3 Å². The Labute approximate surface area is 117 Å². The molecule has 1 aromatic carbocycles.